The lowest BCUT2D eigenvalue weighted by atomic mass is 10.1. The van der Waals surface area contributed by atoms with Gasteiger partial charge in [0.15, 0.2) is 0 Å². The molecule has 2 N–H and O–H groups in total. The lowest BCUT2D eigenvalue weighted by Crippen LogP contribution is -2.28. The van der Waals surface area contributed by atoms with E-state index in [1.54, 1.807) is 26.0 Å². The first-order valence-corrected chi connectivity index (χ1v) is 9.48. The smallest absolute Gasteiger partial charge is 0.256 e. The van der Waals surface area contributed by atoms with Crippen LogP contribution in [-0.2, 0) is 0 Å². The van der Waals surface area contributed by atoms with E-state index >= 15 is 0 Å². The molecule has 1 fully saturated rings. The highest BCUT2D eigenvalue weighted by Gasteiger charge is 2.38. The summed E-state index contributed by atoms with van der Waals surface area (Å²) in [5, 5.41) is 6.78. The van der Waals surface area contributed by atoms with Crippen LogP contribution >= 0.6 is 0 Å². The Labute approximate surface area is 167 Å². The maximum absolute atomic E-state index is 14.4. The monoisotopic (exact) mass is 398 g/mol. The van der Waals surface area contributed by atoms with Crippen LogP contribution in [0.2, 0.25) is 0 Å². The van der Waals surface area contributed by atoms with E-state index < -0.39 is 11.9 Å². The van der Waals surface area contributed by atoms with Gasteiger partial charge in [-0.1, -0.05) is 6.07 Å². The van der Waals surface area contributed by atoms with Crippen molar-refractivity contribution in [3.05, 3.63) is 47.2 Å². The highest BCUT2D eigenvalue weighted by Crippen LogP contribution is 2.40. The topological polar surface area (TPSA) is 89.3 Å². The number of amides is 1. The van der Waals surface area contributed by atoms with Gasteiger partial charge in [-0.2, -0.15) is 0 Å². The van der Waals surface area contributed by atoms with E-state index in [9.17, 15) is 9.18 Å². The molecule has 0 radical (unpaired) electrons. The van der Waals surface area contributed by atoms with Crippen LogP contribution < -0.4 is 15.4 Å². The molecule has 0 saturated heterocycles. The van der Waals surface area contributed by atoms with E-state index in [-0.39, 0.29) is 11.4 Å². The van der Waals surface area contributed by atoms with Crippen LogP contribution in [0.1, 0.15) is 54.4 Å². The molecule has 1 aliphatic rings. The molecule has 0 aliphatic heterocycles. The molecule has 1 aromatic carbocycles. The summed E-state index contributed by atoms with van der Waals surface area (Å²) < 4.78 is 25.1. The van der Waals surface area contributed by atoms with Gasteiger partial charge >= 0.3 is 0 Å². The number of benzene rings is 1. The van der Waals surface area contributed by atoms with Gasteiger partial charge in [0.2, 0.25) is 5.71 Å². The highest BCUT2D eigenvalue weighted by atomic mass is 19.1. The standard InChI is InChI=1S/C21H23FN4O3/c1-11(14-6-5-13(28-4)9-15(14)22)25-19(27)16-12(2)29-20-17(16)18(23-10-24-20)26-21(3)7-8-21/h5-6,9-11H,7-8H2,1-4H3,(H,25,27)(H,23,24,26)/t11-/m0/s1. The van der Waals surface area contributed by atoms with Gasteiger partial charge in [0.05, 0.1) is 24.1 Å². The molecule has 1 aliphatic carbocycles. The number of fused-ring (bicyclic) bond motifs is 1. The van der Waals surface area contributed by atoms with Crippen molar-refractivity contribution < 1.29 is 18.3 Å². The molecule has 3 aromatic rings. The van der Waals surface area contributed by atoms with E-state index in [0.717, 1.165) is 12.8 Å². The molecular formula is C21H23FN4O3. The Balaban J connectivity index is 1.65. The van der Waals surface area contributed by atoms with Crippen LogP contribution in [0.5, 0.6) is 5.75 Å². The van der Waals surface area contributed by atoms with Crippen molar-refractivity contribution in [2.75, 3.05) is 12.4 Å². The Kier molecular flexibility index (Phi) is 4.64. The summed E-state index contributed by atoms with van der Waals surface area (Å²) in [6, 6.07) is 4.00. The van der Waals surface area contributed by atoms with Crippen molar-refractivity contribution in [1.29, 1.82) is 0 Å². The Morgan fingerprint density at radius 3 is 2.76 bits per heavy atom. The van der Waals surface area contributed by atoms with E-state index in [0.29, 0.717) is 39.6 Å². The fourth-order valence-electron chi connectivity index (χ4n) is 3.34. The average Bonchev–Trinajstić information content (AvgIpc) is 3.29. The Bertz CT molecular complexity index is 1090. The number of ether oxygens (including phenoxy) is 1. The maximum atomic E-state index is 14.4. The summed E-state index contributed by atoms with van der Waals surface area (Å²) in [4.78, 5) is 21.6. The molecule has 4 rings (SSSR count). The van der Waals surface area contributed by atoms with Crippen LogP contribution in [0.4, 0.5) is 10.2 Å². The van der Waals surface area contributed by atoms with Crippen molar-refractivity contribution in [2.24, 2.45) is 0 Å². The van der Waals surface area contributed by atoms with Crippen LogP contribution in [0, 0.1) is 12.7 Å². The average molecular weight is 398 g/mol. The molecule has 0 spiro atoms. The number of aromatic nitrogens is 2. The van der Waals surface area contributed by atoms with Gasteiger partial charge in [-0.25, -0.2) is 14.4 Å². The van der Waals surface area contributed by atoms with Gasteiger partial charge in [-0.3, -0.25) is 4.79 Å². The molecule has 2 heterocycles. The second-order valence-electron chi connectivity index (χ2n) is 7.70. The van der Waals surface area contributed by atoms with Gasteiger partial charge in [-0.15, -0.1) is 0 Å². The van der Waals surface area contributed by atoms with Gasteiger partial charge in [0.1, 0.15) is 29.5 Å². The molecule has 7 nitrogen and oxygen atoms in total. The van der Waals surface area contributed by atoms with Crippen LogP contribution in [0.25, 0.3) is 11.1 Å². The number of nitrogens with one attached hydrogen (secondary N) is 2. The highest BCUT2D eigenvalue weighted by molar-refractivity contribution is 6.10. The number of carbonyl (C=O) groups is 1. The largest absolute Gasteiger partial charge is 0.497 e. The van der Waals surface area contributed by atoms with Gasteiger partial charge in [0, 0.05) is 17.2 Å². The summed E-state index contributed by atoms with van der Waals surface area (Å²) in [7, 11) is 1.47. The summed E-state index contributed by atoms with van der Waals surface area (Å²) in [5.74, 6) is 0.605. The van der Waals surface area contributed by atoms with Crippen LogP contribution in [0.15, 0.2) is 28.9 Å². The predicted molar refractivity (Wildman–Crippen MR) is 107 cm³/mol. The van der Waals surface area contributed by atoms with Gasteiger partial charge < -0.3 is 19.8 Å². The number of hydrogen-bond acceptors (Lipinski definition) is 6. The van der Waals surface area contributed by atoms with E-state index in [2.05, 4.69) is 27.5 Å². The van der Waals surface area contributed by atoms with Crippen molar-refractivity contribution in [2.45, 2.75) is 45.2 Å². The molecule has 0 bridgehead atoms. The Hall–Kier alpha value is -3.16. The summed E-state index contributed by atoms with van der Waals surface area (Å²) in [6.45, 7) is 5.53. The van der Waals surface area contributed by atoms with Gasteiger partial charge in [-0.05, 0) is 39.7 Å². The lowest BCUT2D eigenvalue weighted by molar-refractivity contribution is 0.0939. The minimum absolute atomic E-state index is 0.0281. The minimum Gasteiger partial charge on any atom is -0.497 e. The molecule has 0 unspecified atom stereocenters. The Morgan fingerprint density at radius 2 is 2.10 bits per heavy atom. The molecule has 29 heavy (non-hydrogen) atoms. The predicted octanol–water partition coefficient (Wildman–Crippen LogP) is 4.13. The first-order valence-electron chi connectivity index (χ1n) is 9.48. The summed E-state index contributed by atoms with van der Waals surface area (Å²) in [5.41, 5.74) is 1.04. The third kappa shape index (κ3) is 3.62. The molecule has 152 valence electrons. The van der Waals surface area contributed by atoms with E-state index in [1.807, 2.05) is 0 Å². The molecule has 1 amide bonds. The SMILES string of the molecule is COc1ccc([C@H](C)NC(=O)c2c(C)oc3ncnc(NC4(C)CC4)c23)c(F)c1. The van der Waals surface area contributed by atoms with Crippen molar-refractivity contribution in [3.8, 4) is 5.75 Å². The van der Waals surface area contributed by atoms with E-state index in [1.165, 1.54) is 19.5 Å². The number of nitrogens with zero attached hydrogens (tertiary/aromatic N) is 2. The molecule has 2 aromatic heterocycles. The lowest BCUT2D eigenvalue weighted by Gasteiger charge is -2.16. The summed E-state index contributed by atoms with van der Waals surface area (Å²) in [6.07, 6.45) is 3.48. The first-order chi connectivity index (χ1) is 13.8. The number of hydrogen-bond donors (Lipinski definition) is 2. The van der Waals surface area contributed by atoms with Crippen molar-refractivity contribution in [1.82, 2.24) is 15.3 Å². The Morgan fingerprint density at radius 1 is 1.34 bits per heavy atom. The molecule has 8 heteroatoms. The zero-order chi connectivity index (χ0) is 20.8. The number of anilines is 1. The van der Waals surface area contributed by atoms with Gasteiger partial charge in [0.25, 0.3) is 5.91 Å². The molecular weight excluding hydrogens is 375 g/mol. The normalized spacial score (nSPS) is 15.8. The first kappa shape index (κ1) is 19.2. The number of rotatable bonds is 6. The third-order valence-corrected chi connectivity index (χ3v) is 5.33. The maximum Gasteiger partial charge on any atom is 0.256 e. The zero-order valence-corrected chi connectivity index (χ0v) is 16.8. The quantitative estimate of drug-likeness (QED) is 0.649. The second kappa shape index (κ2) is 7.02. The fourth-order valence-corrected chi connectivity index (χ4v) is 3.34. The number of halogens is 1. The van der Waals surface area contributed by atoms with Crippen LogP contribution in [-0.4, -0.2) is 28.5 Å². The minimum atomic E-state index is -0.556. The third-order valence-electron chi connectivity index (χ3n) is 5.33. The second-order valence-corrected chi connectivity index (χ2v) is 7.70. The van der Waals surface area contributed by atoms with E-state index in [4.69, 9.17) is 9.15 Å². The number of aryl methyl sites for hydroxylation is 1. The number of methoxy groups -OCH3 is 1. The zero-order valence-electron chi connectivity index (χ0n) is 16.8. The van der Waals surface area contributed by atoms with Crippen LogP contribution in [0.3, 0.4) is 0 Å². The number of furan rings is 1. The fraction of sp³-hybridized carbons (Fsp3) is 0.381. The van der Waals surface area contributed by atoms with Crippen molar-refractivity contribution in [3.63, 3.8) is 0 Å². The molecule has 1 atom stereocenters. The summed E-state index contributed by atoms with van der Waals surface area (Å²) >= 11 is 0. The molecule has 1 saturated carbocycles. The number of carbonyl (C=O) groups excluding carboxylic acids is 1. The van der Waals surface area contributed by atoms with Crippen molar-refractivity contribution >= 4 is 22.8 Å².